The first kappa shape index (κ1) is 13.2. The summed E-state index contributed by atoms with van der Waals surface area (Å²) in [7, 11) is 0. The third-order valence-electron chi connectivity index (χ3n) is 4.05. The van der Waals surface area contributed by atoms with Gasteiger partial charge in [0.2, 0.25) is 0 Å². The van der Waals surface area contributed by atoms with Crippen molar-refractivity contribution >= 4 is 5.69 Å². The summed E-state index contributed by atoms with van der Waals surface area (Å²) in [6.45, 7) is 0. The van der Waals surface area contributed by atoms with Gasteiger partial charge in [0, 0.05) is 17.2 Å². The van der Waals surface area contributed by atoms with E-state index in [0.29, 0.717) is 17.5 Å². The van der Waals surface area contributed by atoms with Crippen LogP contribution in [0.1, 0.15) is 56.7 Å². The van der Waals surface area contributed by atoms with Gasteiger partial charge in [-0.25, -0.2) is 0 Å². The van der Waals surface area contributed by atoms with Crippen molar-refractivity contribution in [2.24, 2.45) is 0 Å². The minimum Gasteiger partial charge on any atom is -0.399 e. The standard InChI is InChI=1S/C16H21N3O/c17-14-10-6-9-13(11-14)16-18-15(19-20-16)12-7-4-2-1-3-5-8-12/h6,9-12H,1-5,7-8,17H2. The monoisotopic (exact) mass is 271 g/mol. The summed E-state index contributed by atoms with van der Waals surface area (Å²) in [5.74, 6) is 1.90. The van der Waals surface area contributed by atoms with Crippen molar-refractivity contribution in [1.82, 2.24) is 10.1 Å². The van der Waals surface area contributed by atoms with Crippen molar-refractivity contribution in [3.63, 3.8) is 0 Å². The van der Waals surface area contributed by atoms with Gasteiger partial charge in [-0.15, -0.1) is 0 Å². The van der Waals surface area contributed by atoms with Crippen LogP contribution >= 0.6 is 0 Å². The first-order valence-electron chi connectivity index (χ1n) is 7.52. The molecule has 1 heterocycles. The minimum atomic E-state index is 0.453. The molecule has 2 N–H and O–H groups in total. The maximum Gasteiger partial charge on any atom is 0.258 e. The lowest BCUT2D eigenvalue weighted by molar-refractivity contribution is 0.393. The Morgan fingerprint density at radius 1 is 1.05 bits per heavy atom. The molecule has 4 heteroatoms. The summed E-state index contributed by atoms with van der Waals surface area (Å²) in [5.41, 5.74) is 7.41. The first-order valence-corrected chi connectivity index (χ1v) is 7.52. The van der Waals surface area contributed by atoms with E-state index in [9.17, 15) is 0 Å². The van der Waals surface area contributed by atoms with Crippen LogP contribution in [0.5, 0.6) is 0 Å². The van der Waals surface area contributed by atoms with Crippen molar-refractivity contribution in [3.05, 3.63) is 30.1 Å². The lowest BCUT2D eigenvalue weighted by Crippen LogP contribution is -2.04. The molecule has 0 radical (unpaired) electrons. The quantitative estimate of drug-likeness (QED) is 0.833. The van der Waals surface area contributed by atoms with Gasteiger partial charge < -0.3 is 10.3 Å². The van der Waals surface area contributed by atoms with Crippen molar-refractivity contribution in [2.75, 3.05) is 5.73 Å². The molecule has 0 amide bonds. The maximum absolute atomic E-state index is 5.79. The van der Waals surface area contributed by atoms with Crippen LogP contribution in [-0.4, -0.2) is 10.1 Å². The Kier molecular flexibility index (Phi) is 4.00. The zero-order valence-corrected chi connectivity index (χ0v) is 11.7. The summed E-state index contributed by atoms with van der Waals surface area (Å²) in [4.78, 5) is 4.58. The summed E-state index contributed by atoms with van der Waals surface area (Å²) in [6.07, 6.45) is 8.92. The molecule has 1 aromatic carbocycles. The number of hydrogen-bond acceptors (Lipinski definition) is 4. The SMILES string of the molecule is Nc1cccc(-c2nc(C3CCCCCCC3)no2)c1. The van der Waals surface area contributed by atoms with Gasteiger partial charge in [0.05, 0.1) is 0 Å². The van der Waals surface area contributed by atoms with Gasteiger partial charge in [-0.3, -0.25) is 0 Å². The van der Waals surface area contributed by atoms with Crippen molar-refractivity contribution in [2.45, 2.75) is 50.9 Å². The molecule has 1 aromatic heterocycles. The lowest BCUT2D eigenvalue weighted by atomic mass is 9.91. The molecule has 2 aromatic rings. The zero-order chi connectivity index (χ0) is 13.8. The van der Waals surface area contributed by atoms with Crippen LogP contribution in [0.25, 0.3) is 11.5 Å². The highest BCUT2D eigenvalue weighted by molar-refractivity contribution is 5.59. The maximum atomic E-state index is 5.79. The van der Waals surface area contributed by atoms with Crippen LogP contribution < -0.4 is 5.73 Å². The predicted molar refractivity (Wildman–Crippen MR) is 79.2 cm³/mol. The molecule has 1 saturated carbocycles. The van der Waals surface area contributed by atoms with E-state index in [1.165, 1.54) is 44.9 Å². The van der Waals surface area contributed by atoms with Crippen molar-refractivity contribution in [1.29, 1.82) is 0 Å². The van der Waals surface area contributed by atoms with Gasteiger partial charge in [-0.2, -0.15) is 4.98 Å². The second-order valence-electron chi connectivity index (χ2n) is 5.63. The molecule has 20 heavy (non-hydrogen) atoms. The van der Waals surface area contributed by atoms with Crippen LogP contribution in [0.4, 0.5) is 5.69 Å². The van der Waals surface area contributed by atoms with E-state index in [-0.39, 0.29) is 0 Å². The fraction of sp³-hybridized carbons (Fsp3) is 0.500. The molecule has 0 spiro atoms. The Morgan fingerprint density at radius 3 is 2.55 bits per heavy atom. The smallest absolute Gasteiger partial charge is 0.258 e. The minimum absolute atomic E-state index is 0.453. The fourth-order valence-corrected chi connectivity index (χ4v) is 2.90. The largest absolute Gasteiger partial charge is 0.399 e. The molecule has 0 atom stereocenters. The summed E-state index contributed by atoms with van der Waals surface area (Å²) < 4.78 is 5.41. The highest BCUT2D eigenvalue weighted by atomic mass is 16.5. The number of rotatable bonds is 2. The van der Waals surface area contributed by atoms with Crippen LogP contribution in [-0.2, 0) is 0 Å². The molecule has 0 unspecified atom stereocenters. The average molecular weight is 271 g/mol. The van der Waals surface area contributed by atoms with E-state index in [4.69, 9.17) is 10.3 Å². The number of anilines is 1. The normalized spacial score (nSPS) is 17.6. The lowest BCUT2D eigenvalue weighted by Gasteiger charge is -2.15. The molecular formula is C16H21N3O. The number of benzene rings is 1. The molecule has 3 rings (SSSR count). The molecule has 1 fully saturated rings. The Hall–Kier alpha value is -1.84. The van der Waals surface area contributed by atoms with Gasteiger partial charge in [-0.05, 0) is 31.0 Å². The van der Waals surface area contributed by atoms with E-state index in [2.05, 4.69) is 10.1 Å². The van der Waals surface area contributed by atoms with Crippen molar-refractivity contribution in [3.8, 4) is 11.5 Å². The highest BCUT2D eigenvalue weighted by Crippen LogP contribution is 2.30. The Bertz CT molecular complexity index is 556. The van der Waals surface area contributed by atoms with Crippen LogP contribution in [0.15, 0.2) is 28.8 Å². The van der Waals surface area contributed by atoms with E-state index in [1.807, 2.05) is 24.3 Å². The first-order chi connectivity index (χ1) is 9.83. The number of hydrogen-bond donors (Lipinski definition) is 1. The number of nitrogens with two attached hydrogens (primary N) is 1. The number of nitrogens with zero attached hydrogens (tertiary/aromatic N) is 2. The molecule has 0 bridgehead atoms. The Labute approximate surface area is 119 Å². The molecule has 1 aliphatic carbocycles. The predicted octanol–water partition coefficient (Wildman–Crippen LogP) is 4.15. The zero-order valence-electron chi connectivity index (χ0n) is 11.7. The Balaban J connectivity index is 1.78. The topological polar surface area (TPSA) is 64.9 Å². The van der Waals surface area contributed by atoms with Crippen molar-refractivity contribution < 1.29 is 4.52 Å². The number of nitrogen functional groups attached to an aromatic ring is 1. The van der Waals surface area contributed by atoms with Crippen LogP contribution in [0, 0.1) is 0 Å². The molecular weight excluding hydrogens is 250 g/mol. The molecule has 1 aliphatic rings. The average Bonchev–Trinajstić information content (AvgIpc) is 2.88. The Morgan fingerprint density at radius 2 is 1.80 bits per heavy atom. The van der Waals surface area contributed by atoms with Gasteiger partial charge in [0.25, 0.3) is 5.89 Å². The summed E-state index contributed by atoms with van der Waals surface area (Å²) >= 11 is 0. The third kappa shape index (κ3) is 3.00. The summed E-state index contributed by atoms with van der Waals surface area (Å²) in [6, 6.07) is 7.58. The molecule has 0 saturated heterocycles. The summed E-state index contributed by atoms with van der Waals surface area (Å²) in [5, 5.41) is 4.19. The molecule has 0 aliphatic heterocycles. The van der Waals surface area contributed by atoms with Gasteiger partial charge in [-0.1, -0.05) is 43.3 Å². The molecule has 106 valence electrons. The second-order valence-corrected chi connectivity index (χ2v) is 5.63. The van der Waals surface area contributed by atoms with Gasteiger partial charge >= 0.3 is 0 Å². The van der Waals surface area contributed by atoms with E-state index < -0.39 is 0 Å². The van der Waals surface area contributed by atoms with Crippen LogP contribution in [0.2, 0.25) is 0 Å². The fourth-order valence-electron chi connectivity index (χ4n) is 2.90. The highest BCUT2D eigenvalue weighted by Gasteiger charge is 2.19. The number of aromatic nitrogens is 2. The van der Waals surface area contributed by atoms with Gasteiger partial charge in [0.15, 0.2) is 5.82 Å². The van der Waals surface area contributed by atoms with E-state index in [0.717, 1.165) is 11.4 Å². The second kappa shape index (κ2) is 6.07. The molecule has 4 nitrogen and oxygen atoms in total. The van der Waals surface area contributed by atoms with Crippen LogP contribution in [0.3, 0.4) is 0 Å². The third-order valence-corrected chi connectivity index (χ3v) is 4.05. The van der Waals surface area contributed by atoms with Gasteiger partial charge in [0.1, 0.15) is 0 Å². The van der Waals surface area contributed by atoms with E-state index in [1.54, 1.807) is 0 Å². The van der Waals surface area contributed by atoms with E-state index >= 15 is 0 Å².